The third kappa shape index (κ3) is 5.68. The average molecular weight is 515 g/mol. The van der Waals surface area contributed by atoms with Crippen molar-refractivity contribution in [3.63, 3.8) is 0 Å². The molecule has 0 aliphatic carbocycles. The van der Waals surface area contributed by atoms with Gasteiger partial charge in [-0.15, -0.1) is 0 Å². The SMILES string of the molecule is CCCCCOc1ccc(C(=O)Oc2ccc3c(c2)OC(N)=C(C#N)C3c2ccc(OC)cc2OC)cc1. The number of nitriles is 1. The van der Waals surface area contributed by atoms with E-state index < -0.39 is 11.9 Å². The summed E-state index contributed by atoms with van der Waals surface area (Å²) in [5.41, 5.74) is 8.18. The smallest absolute Gasteiger partial charge is 0.343 e. The molecule has 3 aromatic rings. The van der Waals surface area contributed by atoms with E-state index in [0.717, 1.165) is 24.8 Å². The predicted molar refractivity (Wildman–Crippen MR) is 142 cm³/mol. The number of esters is 1. The van der Waals surface area contributed by atoms with E-state index in [2.05, 4.69) is 13.0 Å². The zero-order valence-electron chi connectivity index (χ0n) is 21.7. The number of ether oxygens (including phenoxy) is 5. The number of unbranched alkanes of at least 4 members (excludes halogenated alkanes) is 2. The zero-order chi connectivity index (χ0) is 27.1. The van der Waals surface area contributed by atoms with Gasteiger partial charge >= 0.3 is 5.97 Å². The number of nitrogens with two attached hydrogens (primary N) is 1. The third-order valence-corrected chi connectivity index (χ3v) is 6.26. The molecule has 0 amide bonds. The minimum absolute atomic E-state index is 0.0270. The highest BCUT2D eigenvalue weighted by atomic mass is 16.5. The molecule has 0 aromatic heterocycles. The van der Waals surface area contributed by atoms with Gasteiger partial charge in [0.2, 0.25) is 5.88 Å². The van der Waals surface area contributed by atoms with E-state index in [9.17, 15) is 10.1 Å². The van der Waals surface area contributed by atoms with Crippen molar-refractivity contribution in [3.8, 4) is 34.8 Å². The average Bonchev–Trinajstić information content (AvgIpc) is 2.94. The number of fused-ring (bicyclic) bond motifs is 1. The number of hydrogen-bond donors (Lipinski definition) is 1. The highest BCUT2D eigenvalue weighted by Gasteiger charge is 2.33. The number of methoxy groups -OCH3 is 2. The molecule has 0 spiro atoms. The molecule has 1 unspecified atom stereocenters. The van der Waals surface area contributed by atoms with E-state index >= 15 is 0 Å². The summed E-state index contributed by atoms with van der Waals surface area (Å²) in [5, 5.41) is 9.86. The second-order valence-electron chi connectivity index (χ2n) is 8.70. The Morgan fingerprint density at radius 2 is 1.66 bits per heavy atom. The fraction of sp³-hybridized carbons (Fsp3) is 0.267. The lowest BCUT2D eigenvalue weighted by Gasteiger charge is -2.27. The molecule has 0 saturated heterocycles. The molecule has 0 radical (unpaired) electrons. The molecule has 0 bridgehead atoms. The Morgan fingerprint density at radius 3 is 2.34 bits per heavy atom. The topological polar surface area (TPSA) is 113 Å². The number of allylic oxidation sites excluding steroid dienone is 1. The molecule has 0 fully saturated rings. The fourth-order valence-corrected chi connectivity index (χ4v) is 4.27. The molecule has 1 aliphatic heterocycles. The van der Waals surface area contributed by atoms with E-state index in [4.69, 9.17) is 29.4 Å². The minimum atomic E-state index is -0.542. The van der Waals surface area contributed by atoms with Crippen molar-refractivity contribution in [1.29, 1.82) is 5.26 Å². The van der Waals surface area contributed by atoms with Crippen molar-refractivity contribution in [2.45, 2.75) is 32.1 Å². The van der Waals surface area contributed by atoms with Gasteiger partial charge in [0.05, 0.1) is 32.3 Å². The lowest BCUT2D eigenvalue weighted by atomic mass is 9.83. The summed E-state index contributed by atoms with van der Waals surface area (Å²) >= 11 is 0. The van der Waals surface area contributed by atoms with Gasteiger partial charge in [0.15, 0.2) is 0 Å². The van der Waals surface area contributed by atoms with Crippen LogP contribution in [-0.4, -0.2) is 26.8 Å². The minimum Gasteiger partial charge on any atom is -0.497 e. The number of rotatable bonds is 10. The van der Waals surface area contributed by atoms with Gasteiger partial charge in [-0.1, -0.05) is 31.9 Å². The highest BCUT2D eigenvalue weighted by Crippen LogP contribution is 2.46. The van der Waals surface area contributed by atoms with Gasteiger partial charge in [0.25, 0.3) is 0 Å². The Hall–Kier alpha value is -4.64. The Morgan fingerprint density at radius 1 is 0.947 bits per heavy atom. The number of carbonyl (C=O) groups is 1. The lowest BCUT2D eigenvalue weighted by Crippen LogP contribution is -2.21. The molecule has 2 N–H and O–H groups in total. The van der Waals surface area contributed by atoms with Crippen LogP contribution in [0.4, 0.5) is 0 Å². The van der Waals surface area contributed by atoms with Gasteiger partial charge in [-0.05, 0) is 42.8 Å². The first-order valence-corrected chi connectivity index (χ1v) is 12.4. The monoisotopic (exact) mass is 514 g/mol. The second kappa shape index (κ2) is 12.1. The normalized spacial score (nSPS) is 14.1. The molecule has 38 heavy (non-hydrogen) atoms. The Balaban J connectivity index is 1.56. The van der Waals surface area contributed by atoms with Crippen LogP contribution in [0.5, 0.6) is 28.7 Å². The molecule has 4 rings (SSSR count). The lowest BCUT2D eigenvalue weighted by molar-refractivity contribution is 0.0734. The van der Waals surface area contributed by atoms with Crippen molar-refractivity contribution in [2.24, 2.45) is 5.73 Å². The van der Waals surface area contributed by atoms with E-state index in [-0.39, 0.29) is 17.2 Å². The van der Waals surface area contributed by atoms with Crippen molar-refractivity contribution in [3.05, 3.63) is 88.8 Å². The predicted octanol–water partition coefficient (Wildman–Crippen LogP) is 5.71. The van der Waals surface area contributed by atoms with Crippen molar-refractivity contribution in [1.82, 2.24) is 0 Å². The highest BCUT2D eigenvalue weighted by molar-refractivity contribution is 5.91. The first kappa shape index (κ1) is 26.4. The van der Waals surface area contributed by atoms with E-state index in [1.807, 2.05) is 6.07 Å². The molecule has 8 heteroatoms. The Labute approximate surface area is 222 Å². The third-order valence-electron chi connectivity index (χ3n) is 6.26. The van der Waals surface area contributed by atoms with Gasteiger partial charge in [-0.25, -0.2) is 4.79 Å². The Bertz CT molecular complexity index is 1370. The number of benzene rings is 3. The van der Waals surface area contributed by atoms with Crippen LogP contribution in [0.3, 0.4) is 0 Å². The molecule has 0 saturated carbocycles. The summed E-state index contributed by atoms with van der Waals surface area (Å²) in [6.07, 6.45) is 3.23. The largest absolute Gasteiger partial charge is 0.497 e. The summed E-state index contributed by atoms with van der Waals surface area (Å²) < 4.78 is 28.0. The molecular weight excluding hydrogens is 484 g/mol. The van der Waals surface area contributed by atoms with Gasteiger partial charge in [0.1, 0.15) is 40.4 Å². The molecule has 1 heterocycles. The first-order valence-electron chi connectivity index (χ1n) is 12.4. The summed E-state index contributed by atoms with van der Waals surface area (Å²) in [4.78, 5) is 12.8. The molecule has 1 atom stereocenters. The van der Waals surface area contributed by atoms with Gasteiger partial charge < -0.3 is 29.4 Å². The van der Waals surface area contributed by atoms with Crippen molar-refractivity contribution < 1.29 is 28.5 Å². The van der Waals surface area contributed by atoms with Crippen LogP contribution in [0.25, 0.3) is 0 Å². The molecule has 1 aliphatic rings. The maximum absolute atomic E-state index is 12.8. The quantitative estimate of drug-likeness (QED) is 0.208. The summed E-state index contributed by atoms with van der Waals surface area (Å²) in [6, 6.07) is 19.3. The molecule has 3 aromatic carbocycles. The van der Waals surface area contributed by atoms with Crippen LogP contribution in [0.2, 0.25) is 0 Å². The van der Waals surface area contributed by atoms with Gasteiger partial charge in [-0.3, -0.25) is 0 Å². The van der Waals surface area contributed by atoms with E-state index in [1.165, 1.54) is 0 Å². The number of hydrogen-bond acceptors (Lipinski definition) is 8. The summed E-state index contributed by atoms with van der Waals surface area (Å²) in [5.74, 6) is 1.43. The molecular formula is C30H30N2O6. The van der Waals surface area contributed by atoms with Crippen LogP contribution >= 0.6 is 0 Å². The summed E-state index contributed by atoms with van der Waals surface area (Å²) in [6.45, 7) is 2.78. The zero-order valence-corrected chi connectivity index (χ0v) is 21.7. The number of nitrogens with zero attached hydrogens (tertiary/aromatic N) is 1. The van der Waals surface area contributed by atoms with Crippen LogP contribution in [0.1, 0.15) is 53.6 Å². The maximum Gasteiger partial charge on any atom is 0.343 e. The fourth-order valence-electron chi connectivity index (χ4n) is 4.27. The van der Waals surface area contributed by atoms with E-state index in [0.29, 0.717) is 40.7 Å². The second-order valence-corrected chi connectivity index (χ2v) is 8.70. The van der Waals surface area contributed by atoms with Crippen molar-refractivity contribution >= 4 is 5.97 Å². The number of carbonyl (C=O) groups excluding carboxylic acids is 1. The molecule has 196 valence electrons. The molecule has 8 nitrogen and oxygen atoms in total. The maximum atomic E-state index is 12.8. The van der Waals surface area contributed by atoms with Crippen LogP contribution in [-0.2, 0) is 0 Å². The van der Waals surface area contributed by atoms with Gasteiger partial charge in [0, 0.05) is 23.3 Å². The Kier molecular flexibility index (Phi) is 8.39. The standard InChI is InChI=1S/C30H30N2O6/c1-4-5-6-15-36-20-9-7-19(8-10-20)30(33)37-22-12-14-24-27(17-22)38-29(32)25(18-31)28(24)23-13-11-21(34-2)16-26(23)35-3/h7-14,16-17,28H,4-6,15,32H2,1-3H3. The first-order chi connectivity index (χ1) is 18.5. The summed E-state index contributed by atoms with van der Waals surface area (Å²) in [7, 11) is 3.11. The van der Waals surface area contributed by atoms with E-state index in [1.54, 1.807) is 68.8 Å². The van der Waals surface area contributed by atoms with Crippen LogP contribution in [0.15, 0.2) is 72.1 Å². The van der Waals surface area contributed by atoms with Crippen molar-refractivity contribution in [2.75, 3.05) is 20.8 Å². The van der Waals surface area contributed by atoms with Crippen LogP contribution in [0, 0.1) is 11.3 Å². The van der Waals surface area contributed by atoms with Gasteiger partial charge in [-0.2, -0.15) is 5.26 Å². The van der Waals surface area contributed by atoms with Crippen LogP contribution < -0.4 is 29.4 Å².